The maximum atomic E-state index is 12.4. The molecule has 0 spiro atoms. The van der Waals surface area contributed by atoms with Gasteiger partial charge in [0.1, 0.15) is 5.78 Å². The number of anilines is 1. The highest BCUT2D eigenvalue weighted by Gasteiger charge is 2.22. The van der Waals surface area contributed by atoms with E-state index in [1.54, 1.807) is 6.92 Å². The second-order valence-corrected chi connectivity index (χ2v) is 5.71. The zero-order chi connectivity index (χ0) is 15.4. The molecule has 1 aliphatic rings. The molecule has 0 atom stereocenters. The number of benzene rings is 1. The molecule has 0 radical (unpaired) electrons. The number of rotatable bonds is 4. The first-order valence-corrected chi connectivity index (χ1v) is 7.26. The summed E-state index contributed by atoms with van der Waals surface area (Å²) in [6.45, 7) is 4.98. The average Bonchev–Trinajstić information content (AvgIpc) is 2.47. The van der Waals surface area contributed by atoms with Crippen LogP contribution < -0.4 is 4.90 Å². The highest BCUT2D eigenvalue weighted by molar-refractivity contribution is 5.94. The lowest BCUT2D eigenvalue weighted by Gasteiger charge is -2.34. The van der Waals surface area contributed by atoms with Crippen molar-refractivity contribution in [2.45, 2.75) is 6.92 Å². The lowest BCUT2D eigenvalue weighted by Crippen LogP contribution is -2.49. The predicted molar refractivity (Wildman–Crippen MR) is 83.8 cm³/mol. The first-order chi connectivity index (χ1) is 9.97. The summed E-state index contributed by atoms with van der Waals surface area (Å²) < 4.78 is 0. The molecule has 5 heteroatoms. The molecule has 1 aromatic rings. The highest BCUT2D eigenvalue weighted by atomic mass is 16.2. The maximum Gasteiger partial charge on any atom is 0.253 e. The van der Waals surface area contributed by atoms with Gasteiger partial charge in [0.15, 0.2) is 0 Å². The van der Waals surface area contributed by atoms with E-state index in [-0.39, 0.29) is 11.7 Å². The van der Waals surface area contributed by atoms with E-state index in [0.717, 1.165) is 24.3 Å². The van der Waals surface area contributed by atoms with Crippen molar-refractivity contribution < 1.29 is 9.59 Å². The summed E-state index contributed by atoms with van der Waals surface area (Å²) in [7, 11) is 3.95. The number of carbonyl (C=O) groups is 2. The third-order valence-electron chi connectivity index (χ3n) is 3.74. The summed E-state index contributed by atoms with van der Waals surface area (Å²) in [4.78, 5) is 29.5. The number of hydrogen-bond donors (Lipinski definition) is 0. The predicted octanol–water partition coefficient (Wildman–Crippen LogP) is 1.10. The van der Waals surface area contributed by atoms with Gasteiger partial charge in [-0.25, -0.2) is 0 Å². The van der Waals surface area contributed by atoms with Crippen molar-refractivity contribution in [2.75, 3.05) is 51.7 Å². The normalized spacial score (nSPS) is 15.9. The van der Waals surface area contributed by atoms with E-state index in [0.29, 0.717) is 19.6 Å². The van der Waals surface area contributed by atoms with Crippen molar-refractivity contribution in [3.8, 4) is 0 Å². The van der Waals surface area contributed by atoms with E-state index in [1.807, 2.05) is 48.2 Å². The van der Waals surface area contributed by atoms with Gasteiger partial charge in [0.25, 0.3) is 5.91 Å². The number of nitrogens with zero attached hydrogens (tertiary/aromatic N) is 3. The molecule has 0 bridgehead atoms. The Balaban J connectivity index is 1.94. The number of piperazine rings is 1. The van der Waals surface area contributed by atoms with Gasteiger partial charge in [0, 0.05) is 51.5 Å². The minimum atomic E-state index is 0.0720. The number of ketones is 1. The fraction of sp³-hybridized carbons (Fsp3) is 0.500. The molecule has 2 rings (SSSR count). The van der Waals surface area contributed by atoms with Gasteiger partial charge in [-0.1, -0.05) is 0 Å². The molecule has 1 aromatic carbocycles. The van der Waals surface area contributed by atoms with Crippen molar-refractivity contribution in [2.24, 2.45) is 0 Å². The molecule has 1 aliphatic heterocycles. The Labute approximate surface area is 126 Å². The van der Waals surface area contributed by atoms with Crippen molar-refractivity contribution >= 4 is 17.4 Å². The molecule has 1 saturated heterocycles. The molecular weight excluding hydrogens is 266 g/mol. The van der Waals surface area contributed by atoms with Crippen LogP contribution in [0.1, 0.15) is 17.3 Å². The zero-order valence-corrected chi connectivity index (χ0v) is 13.0. The molecule has 1 fully saturated rings. The van der Waals surface area contributed by atoms with Gasteiger partial charge in [-0.15, -0.1) is 0 Å². The summed E-state index contributed by atoms with van der Waals surface area (Å²) in [5.74, 6) is 0.247. The summed E-state index contributed by atoms with van der Waals surface area (Å²) in [5.41, 5.74) is 1.80. The largest absolute Gasteiger partial charge is 0.378 e. The Kier molecular flexibility index (Phi) is 4.96. The van der Waals surface area contributed by atoms with Crippen molar-refractivity contribution in [1.29, 1.82) is 0 Å². The van der Waals surface area contributed by atoms with Crippen LogP contribution in [0, 0.1) is 0 Å². The first kappa shape index (κ1) is 15.5. The number of hydrogen-bond acceptors (Lipinski definition) is 4. The molecular formula is C16H23N3O2. The quantitative estimate of drug-likeness (QED) is 0.832. The van der Waals surface area contributed by atoms with Crippen LogP contribution in [0.3, 0.4) is 0 Å². The van der Waals surface area contributed by atoms with Crippen molar-refractivity contribution in [1.82, 2.24) is 9.80 Å². The summed E-state index contributed by atoms with van der Waals surface area (Å²) in [6, 6.07) is 7.66. The zero-order valence-electron chi connectivity index (χ0n) is 13.0. The fourth-order valence-corrected chi connectivity index (χ4v) is 2.51. The maximum absolute atomic E-state index is 12.4. The smallest absolute Gasteiger partial charge is 0.253 e. The third-order valence-corrected chi connectivity index (χ3v) is 3.74. The Morgan fingerprint density at radius 2 is 1.62 bits per heavy atom. The number of carbonyl (C=O) groups excluding carboxylic acids is 2. The third kappa shape index (κ3) is 4.04. The molecule has 0 saturated carbocycles. The molecule has 114 valence electrons. The first-order valence-electron chi connectivity index (χ1n) is 7.26. The van der Waals surface area contributed by atoms with E-state index in [1.165, 1.54) is 0 Å². The molecule has 21 heavy (non-hydrogen) atoms. The van der Waals surface area contributed by atoms with E-state index < -0.39 is 0 Å². The van der Waals surface area contributed by atoms with Gasteiger partial charge in [-0.2, -0.15) is 0 Å². The lowest BCUT2D eigenvalue weighted by molar-refractivity contribution is -0.118. The van der Waals surface area contributed by atoms with Gasteiger partial charge in [0.05, 0.1) is 6.54 Å². The Morgan fingerprint density at radius 1 is 1.05 bits per heavy atom. The van der Waals surface area contributed by atoms with E-state index in [4.69, 9.17) is 0 Å². The molecule has 5 nitrogen and oxygen atoms in total. The van der Waals surface area contributed by atoms with E-state index in [2.05, 4.69) is 4.90 Å². The second kappa shape index (κ2) is 6.72. The second-order valence-electron chi connectivity index (χ2n) is 5.71. The van der Waals surface area contributed by atoms with Crippen LogP contribution in [0.2, 0.25) is 0 Å². The number of Topliss-reactive ketones (excluding diaryl/α,β-unsaturated/α-hetero) is 1. The van der Waals surface area contributed by atoms with Gasteiger partial charge in [0.2, 0.25) is 0 Å². The minimum Gasteiger partial charge on any atom is -0.378 e. The van der Waals surface area contributed by atoms with Crippen LogP contribution in [0.4, 0.5) is 5.69 Å². The molecule has 0 N–H and O–H groups in total. The molecule has 1 heterocycles. The monoisotopic (exact) mass is 289 g/mol. The van der Waals surface area contributed by atoms with Crippen LogP contribution in [0.5, 0.6) is 0 Å². The van der Waals surface area contributed by atoms with Crippen LogP contribution in [0.25, 0.3) is 0 Å². The molecule has 0 aliphatic carbocycles. The van der Waals surface area contributed by atoms with Gasteiger partial charge < -0.3 is 9.80 Å². The summed E-state index contributed by atoms with van der Waals surface area (Å²) in [6.07, 6.45) is 0. The summed E-state index contributed by atoms with van der Waals surface area (Å²) in [5, 5.41) is 0. The van der Waals surface area contributed by atoms with Crippen molar-refractivity contribution in [3.05, 3.63) is 29.8 Å². The fourth-order valence-electron chi connectivity index (χ4n) is 2.51. The average molecular weight is 289 g/mol. The lowest BCUT2D eigenvalue weighted by atomic mass is 10.1. The summed E-state index contributed by atoms with van der Waals surface area (Å²) >= 11 is 0. The van der Waals surface area contributed by atoms with E-state index >= 15 is 0 Å². The van der Waals surface area contributed by atoms with Gasteiger partial charge in [-0.3, -0.25) is 14.5 Å². The van der Waals surface area contributed by atoms with E-state index in [9.17, 15) is 9.59 Å². The number of amides is 1. The van der Waals surface area contributed by atoms with Crippen molar-refractivity contribution in [3.63, 3.8) is 0 Å². The van der Waals surface area contributed by atoms with Crippen LogP contribution in [-0.4, -0.2) is 68.3 Å². The topological polar surface area (TPSA) is 43.9 Å². The molecule has 1 amide bonds. The van der Waals surface area contributed by atoms with Crippen LogP contribution in [-0.2, 0) is 4.79 Å². The Hall–Kier alpha value is -1.88. The Morgan fingerprint density at radius 3 is 2.10 bits per heavy atom. The van der Waals surface area contributed by atoms with Crippen LogP contribution in [0.15, 0.2) is 24.3 Å². The Bertz CT molecular complexity index is 503. The van der Waals surface area contributed by atoms with Gasteiger partial charge in [-0.05, 0) is 31.2 Å². The standard InChI is InChI=1S/C16H23N3O2/c1-13(20)12-18-8-10-19(11-9-18)16(21)14-4-6-15(7-5-14)17(2)3/h4-7H,8-12H2,1-3H3. The minimum absolute atomic E-state index is 0.0720. The van der Waals surface area contributed by atoms with Crippen LogP contribution >= 0.6 is 0 Å². The molecule has 0 unspecified atom stereocenters. The molecule has 0 aromatic heterocycles. The van der Waals surface area contributed by atoms with Gasteiger partial charge >= 0.3 is 0 Å². The highest BCUT2D eigenvalue weighted by Crippen LogP contribution is 2.14. The SMILES string of the molecule is CC(=O)CN1CCN(C(=O)c2ccc(N(C)C)cc2)CC1.